The van der Waals surface area contributed by atoms with Gasteiger partial charge in [0.1, 0.15) is 5.75 Å². The van der Waals surface area contributed by atoms with Crippen LogP contribution in [0.2, 0.25) is 0 Å². The van der Waals surface area contributed by atoms with E-state index >= 15 is 0 Å². The maximum absolute atomic E-state index is 9.28. The van der Waals surface area contributed by atoms with Crippen LogP contribution in [0.1, 0.15) is 44.1 Å². The van der Waals surface area contributed by atoms with Crippen LogP contribution in [0.15, 0.2) is 24.3 Å². The second-order valence-corrected chi connectivity index (χ2v) is 5.98. The molecule has 1 aromatic rings. The van der Waals surface area contributed by atoms with Crippen molar-refractivity contribution in [2.75, 3.05) is 6.61 Å². The molecule has 3 nitrogen and oxygen atoms in total. The van der Waals surface area contributed by atoms with Crippen LogP contribution < -0.4 is 5.32 Å². The van der Waals surface area contributed by atoms with Crippen molar-refractivity contribution in [1.82, 2.24) is 5.32 Å². The predicted molar refractivity (Wildman–Crippen MR) is 75.1 cm³/mol. The third-order valence-corrected chi connectivity index (χ3v) is 4.54. The molecule has 1 saturated carbocycles. The average molecular weight is 261 g/mol. The van der Waals surface area contributed by atoms with Crippen LogP contribution in [0, 0.1) is 0 Å². The van der Waals surface area contributed by atoms with Gasteiger partial charge in [0.05, 0.1) is 5.60 Å². The number of aromatic hydroxyl groups is 1. The molecule has 2 fully saturated rings. The van der Waals surface area contributed by atoms with Gasteiger partial charge in [-0.05, 0) is 43.4 Å². The van der Waals surface area contributed by atoms with E-state index in [-0.39, 0.29) is 5.60 Å². The number of hydrogen-bond donors (Lipinski definition) is 2. The SMILES string of the molecule is Oc1ccc(CNC2CCOC3(CCCC3)C2)cc1. The predicted octanol–water partition coefficient (Wildman–Crippen LogP) is 2.97. The van der Waals surface area contributed by atoms with Crippen molar-refractivity contribution in [3.05, 3.63) is 29.8 Å². The fourth-order valence-electron chi connectivity index (χ4n) is 3.45. The maximum Gasteiger partial charge on any atom is 0.115 e. The summed E-state index contributed by atoms with van der Waals surface area (Å²) in [5.74, 6) is 0.333. The van der Waals surface area contributed by atoms with E-state index in [0.717, 1.165) is 26.0 Å². The Labute approximate surface area is 115 Å². The average Bonchev–Trinajstić information content (AvgIpc) is 2.86. The third-order valence-electron chi connectivity index (χ3n) is 4.54. The number of nitrogens with one attached hydrogen (secondary N) is 1. The Balaban J connectivity index is 1.53. The van der Waals surface area contributed by atoms with E-state index in [9.17, 15) is 5.11 Å². The van der Waals surface area contributed by atoms with E-state index in [1.807, 2.05) is 12.1 Å². The molecule has 0 aromatic heterocycles. The first kappa shape index (κ1) is 12.9. The normalized spacial score (nSPS) is 25.8. The topological polar surface area (TPSA) is 41.5 Å². The quantitative estimate of drug-likeness (QED) is 0.879. The number of rotatable bonds is 3. The van der Waals surface area contributed by atoms with E-state index in [4.69, 9.17) is 4.74 Å². The summed E-state index contributed by atoms with van der Waals surface area (Å²) >= 11 is 0. The van der Waals surface area contributed by atoms with Gasteiger partial charge in [-0.15, -0.1) is 0 Å². The van der Waals surface area contributed by atoms with E-state index in [2.05, 4.69) is 5.32 Å². The summed E-state index contributed by atoms with van der Waals surface area (Å²) in [6.45, 7) is 1.77. The highest BCUT2D eigenvalue weighted by molar-refractivity contribution is 5.25. The lowest BCUT2D eigenvalue weighted by Gasteiger charge is -2.38. The molecule has 1 atom stereocenters. The van der Waals surface area contributed by atoms with Crippen molar-refractivity contribution in [3.63, 3.8) is 0 Å². The van der Waals surface area contributed by atoms with Gasteiger partial charge < -0.3 is 15.2 Å². The summed E-state index contributed by atoms with van der Waals surface area (Å²) in [6.07, 6.45) is 7.40. The van der Waals surface area contributed by atoms with Gasteiger partial charge in [-0.2, -0.15) is 0 Å². The summed E-state index contributed by atoms with van der Waals surface area (Å²) < 4.78 is 6.05. The Hall–Kier alpha value is -1.06. The maximum atomic E-state index is 9.28. The molecule has 2 N–H and O–H groups in total. The largest absolute Gasteiger partial charge is 0.508 e. The second-order valence-electron chi connectivity index (χ2n) is 5.98. The van der Waals surface area contributed by atoms with E-state index < -0.39 is 0 Å². The molecule has 1 spiro atoms. The lowest BCUT2D eigenvalue weighted by molar-refractivity contribution is -0.0837. The highest BCUT2D eigenvalue weighted by Crippen LogP contribution is 2.39. The highest BCUT2D eigenvalue weighted by atomic mass is 16.5. The summed E-state index contributed by atoms with van der Waals surface area (Å²) in [5, 5.41) is 12.9. The zero-order chi connectivity index (χ0) is 13.1. The minimum absolute atomic E-state index is 0.185. The molecule has 0 radical (unpaired) electrons. The first-order chi connectivity index (χ1) is 9.26. The Morgan fingerprint density at radius 1 is 1.21 bits per heavy atom. The molecule has 104 valence electrons. The highest BCUT2D eigenvalue weighted by Gasteiger charge is 2.39. The molecule has 2 aliphatic rings. The molecule has 1 aliphatic carbocycles. The lowest BCUT2D eigenvalue weighted by atomic mass is 9.89. The van der Waals surface area contributed by atoms with E-state index in [0.29, 0.717) is 11.8 Å². The molecule has 1 aliphatic heterocycles. The van der Waals surface area contributed by atoms with Gasteiger partial charge >= 0.3 is 0 Å². The molecule has 3 rings (SSSR count). The van der Waals surface area contributed by atoms with Gasteiger partial charge in [0, 0.05) is 19.2 Å². The fourth-order valence-corrected chi connectivity index (χ4v) is 3.45. The van der Waals surface area contributed by atoms with Crippen LogP contribution in [-0.2, 0) is 11.3 Å². The van der Waals surface area contributed by atoms with E-state index in [1.54, 1.807) is 12.1 Å². The lowest BCUT2D eigenvalue weighted by Crippen LogP contribution is -2.45. The van der Waals surface area contributed by atoms with Gasteiger partial charge in [-0.25, -0.2) is 0 Å². The van der Waals surface area contributed by atoms with Crippen LogP contribution in [-0.4, -0.2) is 23.4 Å². The second kappa shape index (κ2) is 5.51. The van der Waals surface area contributed by atoms with E-state index in [1.165, 1.54) is 31.2 Å². The van der Waals surface area contributed by atoms with Crippen molar-refractivity contribution in [1.29, 1.82) is 0 Å². The van der Waals surface area contributed by atoms with Gasteiger partial charge in [-0.1, -0.05) is 25.0 Å². The smallest absolute Gasteiger partial charge is 0.115 e. The number of ether oxygens (including phenoxy) is 1. The summed E-state index contributed by atoms with van der Waals surface area (Å²) in [7, 11) is 0. The number of benzene rings is 1. The van der Waals surface area contributed by atoms with Crippen molar-refractivity contribution in [2.24, 2.45) is 0 Å². The molecule has 1 unspecified atom stereocenters. The number of phenolic OH excluding ortho intramolecular Hbond substituents is 1. The van der Waals surface area contributed by atoms with Gasteiger partial charge in [-0.3, -0.25) is 0 Å². The van der Waals surface area contributed by atoms with Crippen LogP contribution in [0.4, 0.5) is 0 Å². The third kappa shape index (κ3) is 3.10. The van der Waals surface area contributed by atoms with Gasteiger partial charge in [0.2, 0.25) is 0 Å². The zero-order valence-corrected chi connectivity index (χ0v) is 11.4. The molecule has 0 bridgehead atoms. The molecule has 1 aromatic carbocycles. The van der Waals surface area contributed by atoms with Gasteiger partial charge in [0.15, 0.2) is 0 Å². The monoisotopic (exact) mass is 261 g/mol. The molecule has 3 heteroatoms. The molecule has 19 heavy (non-hydrogen) atoms. The number of hydrogen-bond acceptors (Lipinski definition) is 3. The van der Waals surface area contributed by atoms with Crippen LogP contribution >= 0.6 is 0 Å². The molecular formula is C16H23NO2. The minimum Gasteiger partial charge on any atom is -0.508 e. The van der Waals surface area contributed by atoms with Crippen molar-refractivity contribution < 1.29 is 9.84 Å². The van der Waals surface area contributed by atoms with Gasteiger partial charge in [0.25, 0.3) is 0 Å². The molecule has 1 saturated heterocycles. The standard InChI is InChI=1S/C16H23NO2/c18-15-5-3-13(4-6-15)12-17-14-7-10-19-16(11-14)8-1-2-9-16/h3-6,14,17-18H,1-2,7-12H2. The Morgan fingerprint density at radius 2 is 1.95 bits per heavy atom. The van der Waals surface area contributed by atoms with Crippen LogP contribution in [0.25, 0.3) is 0 Å². The summed E-state index contributed by atoms with van der Waals surface area (Å²) in [4.78, 5) is 0. The summed E-state index contributed by atoms with van der Waals surface area (Å²) in [6, 6.07) is 8.03. The molecule has 1 heterocycles. The molecular weight excluding hydrogens is 238 g/mol. The Kier molecular flexibility index (Phi) is 3.76. The summed E-state index contributed by atoms with van der Waals surface area (Å²) in [5.41, 5.74) is 1.41. The van der Waals surface area contributed by atoms with Crippen LogP contribution in [0.5, 0.6) is 5.75 Å². The fraction of sp³-hybridized carbons (Fsp3) is 0.625. The van der Waals surface area contributed by atoms with Crippen molar-refractivity contribution in [2.45, 2.75) is 56.7 Å². The molecule has 0 amide bonds. The Bertz CT molecular complexity index is 409. The van der Waals surface area contributed by atoms with Crippen LogP contribution in [0.3, 0.4) is 0 Å². The van der Waals surface area contributed by atoms with Crippen molar-refractivity contribution in [3.8, 4) is 5.75 Å². The minimum atomic E-state index is 0.185. The zero-order valence-electron chi connectivity index (χ0n) is 11.4. The number of phenols is 1. The first-order valence-corrected chi connectivity index (χ1v) is 7.41. The first-order valence-electron chi connectivity index (χ1n) is 7.41. The van der Waals surface area contributed by atoms with Crippen molar-refractivity contribution >= 4 is 0 Å². The Morgan fingerprint density at radius 3 is 2.68 bits per heavy atom.